The van der Waals surface area contributed by atoms with Gasteiger partial charge in [0.05, 0.1) is 18.8 Å². The largest absolute Gasteiger partial charge is 0.450 e. The molecule has 0 bridgehead atoms. The van der Waals surface area contributed by atoms with Gasteiger partial charge >= 0.3 is 6.09 Å². The van der Waals surface area contributed by atoms with Crippen LogP contribution in [0.5, 0.6) is 0 Å². The Bertz CT molecular complexity index is 277. The van der Waals surface area contributed by atoms with E-state index in [0.717, 1.165) is 0 Å². The maximum absolute atomic E-state index is 11.3. The van der Waals surface area contributed by atoms with Gasteiger partial charge in [-0.3, -0.25) is 0 Å². The number of carbonyl (C=O) groups is 1. The van der Waals surface area contributed by atoms with Crippen LogP contribution >= 0.6 is 0 Å². The standard InChI is InChI=1S/C8H14N4O3/c1-2-15-8(14)12-4-3-7(13)6(5-12)10-11-9/h6-7,13H,2-5H2,1H3/t6-,7-/m1/s1. The third kappa shape index (κ3) is 3.00. The maximum Gasteiger partial charge on any atom is 0.409 e. The Kier molecular flexibility index (Phi) is 4.20. The molecule has 1 aliphatic heterocycles. The Morgan fingerprint density at radius 1 is 1.80 bits per heavy atom. The average molecular weight is 214 g/mol. The molecule has 0 radical (unpaired) electrons. The molecule has 1 heterocycles. The number of aliphatic hydroxyl groups is 1. The molecule has 0 unspecified atom stereocenters. The second-order valence-electron chi connectivity index (χ2n) is 3.27. The van der Waals surface area contributed by atoms with Gasteiger partial charge in [0.15, 0.2) is 0 Å². The summed E-state index contributed by atoms with van der Waals surface area (Å²) in [6, 6.07) is -0.576. The van der Waals surface area contributed by atoms with Gasteiger partial charge in [0, 0.05) is 18.0 Å². The minimum Gasteiger partial charge on any atom is -0.450 e. The summed E-state index contributed by atoms with van der Waals surface area (Å²) in [5.41, 5.74) is 8.28. The lowest BCUT2D eigenvalue weighted by molar-refractivity contribution is 0.0486. The molecule has 15 heavy (non-hydrogen) atoms. The van der Waals surface area contributed by atoms with Crippen LogP contribution in [-0.4, -0.2) is 47.9 Å². The number of hydrogen-bond donors (Lipinski definition) is 1. The molecular weight excluding hydrogens is 200 g/mol. The number of aliphatic hydroxyl groups excluding tert-OH is 1. The molecule has 0 spiro atoms. The smallest absolute Gasteiger partial charge is 0.409 e. The molecule has 0 saturated carbocycles. The minimum atomic E-state index is -0.674. The zero-order valence-electron chi connectivity index (χ0n) is 8.54. The Hall–Kier alpha value is -1.46. The number of rotatable bonds is 2. The summed E-state index contributed by atoms with van der Waals surface area (Å²) in [6.45, 7) is 2.67. The van der Waals surface area contributed by atoms with Crippen molar-refractivity contribution >= 4 is 6.09 Å². The zero-order chi connectivity index (χ0) is 11.3. The Morgan fingerprint density at radius 3 is 3.13 bits per heavy atom. The van der Waals surface area contributed by atoms with Crippen molar-refractivity contribution in [2.75, 3.05) is 19.7 Å². The van der Waals surface area contributed by atoms with Crippen LogP contribution in [0, 0.1) is 0 Å². The second-order valence-corrected chi connectivity index (χ2v) is 3.27. The SMILES string of the molecule is CCOC(=O)N1CC[C@@H](O)[C@H](N=[N+]=[N-])C1. The molecule has 84 valence electrons. The first-order valence-corrected chi connectivity index (χ1v) is 4.83. The summed E-state index contributed by atoms with van der Waals surface area (Å²) in [5, 5.41) is 12.9. The lowest BCUT2D eigenvalue weighted by Gasteiger charge is -2.32. The summed E-state index contributed by atoms with van der Waals surface area (Å²) in [7, 11) is 0. The topological polar surface area (TPSA) is 98.5 Å². The highest BCUT2D eigenvalue weighted by molar-refractivity contribution is 5.67. The molecule has 0 aromatic rings. The predicted molar refractivity (Wildman–Crippen MR) is 52.2 cm³/mol. The Balaban J connectivity index is 2.57. The van der Waals surface area contributed by atoms with Gasteiger partial charge in [-0.2, -0.15) is 0 Å². The van der Waals surface area contributed by atoms with Crippen molar-refractivity contribution in [3.63, 3.8) is 0 Å². The number of ether oxygens (including phenoxy) is 1. The van der Waals surface area contributed by atoms with Gasteiger partial charge in [-0.1, -0.05) is 5.11 Å². The summed E-state index contributed by atoms with van der Waals surface area (Å²) < 4.78 is 4.81. The van der Waals surface area contributed by atoms with Crippen molar-refractivity contribution < 1.29 is 14.6 Å². The first-order chi connectivity index (χ1) is 7.19. The predicted octanol–water partition coefficient (Wildman–Crippen LogP) is 0.888. The summed E-state index contributed by atoms with van der Waals surface area (Å²) >= 11 is 0. The van der Waals surface area contributed by atoms with Crippen molar-refractivity contribution in [1.82, 2.24) is 4.90 Å². The fraction of sp³-hybridized carbons (Fsp3) is 0.875. The first kappa shape index (κ1) is 11.6. The normalized spacial score (nSPS) is 25.6. The molecule has 2 atom stereocenters. The number of carbonyl (C=O) groups excluding carboxylic acids is 1. The monoisotopic (exact) mass is 214 g/mol. The van der Waals surface area contributed by atoms with E-state index in [-0.39, 0.29) is 6.54 Å². The van der Waals surface area contributed by atoms with E-state index in [0.29, 0.717) is 19.6 Å². The number of likely N-dealkylation sites (tertiary alicyclic amines) is 1. The van der Waals surface area contributed by atoms with Gasteiger partial charge < -0.3 is 14.7 Å². The molecular formula is C8H14N4O3. The van der Waals surface area contributed by atoms with Gasteiger partial charge in [-0.05, 0) is 18.9 Å². The summed E-state index contributed by atoms with van der Waals surface area (Å²) in [5.74, 6) is 0. The summed E-state index contributed by atoms with van der Waals surface area (Å²) in [6.07, 6.45) is -0.697. The van der Waals surface area contributed by atoms with E-state index in [1.54, 1.807) is 6.92 Å². The number of nitrogens with zero attached hydrogens (tertiary/aromatic N) is 4. The first-order valence-electron chi connectivity index (χ1n) is 4.83. The second kappa shape index (κ2) is 5.43. The van der Waals surface area contributed by atoms with E-state index >= 15 is 0 Å². The molecule has 1 aliphatic rings. The van der Waals surface area contributed by atoms with E-state index in [9.17, 15) is 9.90 Å². The Morgan fingerprint density at radius 2 is 2.53 bits per heavy atom. The van der Waals surface area contributed by atoms with E-state index in [2.05, 4.69) is 10.0 Å². The fourth-order valence-corrected chi connectivity index (χ4v) is 1.48. The van der Waals surface area contributed by atoms with Gasteiger partial charge in [0.2, 0.25) is 0 Å². The maximum atomic E-state index is 11.3. The highest BCUT2D eigenvalue weighted by atomic mass is 16.6. The van der Waals surface area contributed by atoms with Crippen molar-refractivity contribution in [1.29, 1.82) is 0 Å². The van der Waals surface area contributed by atoms with Gasteiger partial charge in [-0.25, -0.2) is 4.79 Å². The molecule has 1 fully saturated rings. The molecule has 7 heteroatoms. The molecule has 0 aromatic heterocycles. The van der Waals surface area contributed by atoms with Crippen molar-refractivity contribution in [3.05, 3.63) is 10.4 Å². The van der Waals surface area contributed by atoms with E-state index in [4.69, 9.17) is 10.3 Å². The van der Waals surface area contributed by atoms with Crippen LogP contribution < -0.4 is 0 Å². The van der Waals surface area contributed by atoms with E-state index < -0.39 is 18.2 Å². The van der Waals surface area contributed by atoms with Gasteiger partial charge in [-0.15, -0.1) is 0 Å². The summed E-state index contributed by atoms with van der Waals surface area (Å²) in [4.78, 5) is 15.4. The van der Waals surface area contributed by atoms with Crippen LogP contribution in [0.2, 0.25) is 0 Å². The van der Waals surface area contributed by atoms with Crippen molar-refractivity contribution in [2.24, 2.45) is 5.11 Å². The number of azide groups is 1. The third-order valence-electron chi connectivity index (χ3n) is 2.27. The molecule has 1 N–H and O–H groups in total. The van der Waals surface area contributed by atoms with Crippen molar-refractivity contribution in [3.8, 4) is 0 Å². The highest BCUT2D eigenvalue weighted by Crippen LogP contribution is 2.15. The number of amides is 1. The van der Waals surface area contributed by atoms with Crippen LogP contribution in [0.1, 0.15) is 13.3 Å². The quantitative estimate of drug-likeness (QED) is 0.419. The number of piperidine rings is 1. The molecule has 7 nitrogen and oxygen atoms in total. The molecule has 1 amide bonds. The lowest BCUT2D eigenvalue weighted by atomic mass is 10.0. The molecule has 0 aliphatic carbocycles. The minimum absolute atomic E-state index is 0.212. The zero-order valence-corrected chi connectivity index (χ0v) is 8.54. The Labute approximate surface area is 87.3 Å². The average Bonchev–Trinajstić information content (AvgIpc) is 2.22. The van der Waals surface area contributed by atoms with E-state index in [1.807, 2.05) is 0 Å². The van der Waals surface area contributed by atoms with Crippen LogP contribution in [0.15, 0.2) is 5.11 Å². The van der Waals surface area contributed by atoms with Crippen LogP contribution in [-0.2, 0) is 4.74 Å². The van der Waals surface area contributed by atoms with Crippen LogP contribution in [0.3, 0.4) is 0 Å². The lowest BCUT2D eigenvalue weighted by Crippen LogP contribution is -2.48. The van der Waals surface area contributed by atoms with Gasteiger partial charge in [0.1, 0.15) is 0 Å². The fourth-order valence-electron chi connectivity index (χ4n) is 1.48. The number of hydrogen-bond acceptors (Lipinski definition) is 4. The van der Waals surface area contributed by atoms with Crippen LogP contribution in [0.4, 0.5) is 4.79 Å². The van der Waals surface area contributed by atoms with E-state index in [1.165, 1.54) is 4.90 Å². The highest BCUT2D eigenvalue weighted by Gasteiger charge is 2.30. The molecule has 1 saturated heterocycles. The third-order valence-corrected chi connectivity index (χ3v) is 2.27. The van der Waals surface area contributed by atoms with Crippen molar-refractivity contribution in [2.45, 2.75) is 25.5 Å². The van der Waals surface area contributed by atoms with Crippen LogP contribution in [0.25, 0.3) is 10.4 Å². The molecule has 0 aromatic carbocycles. The molecule has 1 rings (SSSR count). The van der Waals surface area contributed by atoms with Gasteiger partial charge in [0.25, 0.3) is 0 Å².